The maximum absolute atomic E-state index is 10.9. The molecular weight excluding hydrogens is 322 g/mol. The Bertz CT molecular complexity index is 747. The molecule has 1 saturated carbocycles. The molecule has 0 bridgehead atoms. The van der Waals surface area contributed by atoms with Crippen LogP contribution < -0.4 is 0 Å². The number of hydrogen-bond donors (Lipinski definition) is 1. The van der Waals surface area contributed by atoms with E-state index in [1.54, 1.807) is 12.2 Å². The average molecular weight is 351 g/mol. The minimum atomic E-state index is -1.05. The Balaban J connectivity index is 1.74. The second kappa shape index (κ2) is 8.07. The lowest BCUT2D eigenvalue weighted by atomic mass is 9.93. The van der Waals surface area contributed by atoms with Crippen molar-refractivity contribution in [2.24, 2.45) is 0 Å². The average Bonchev–Trinajstić information content (AvgIpc) is 3.35. The number of nitrogens with zero attached hydrogens (tertiary/aromatic N) is 1. The predicted octanol–water partition coefficient (Wildman–Crippen LogP) is 5.09. The summed E-state index contributed by atoms with van der Waals surface area (Å²) in [6.45, 7) is 11.4. The van der Waals surface area contributed by atoms with E-state index in [-0.39, 0.29) is 0 Å². The van der Waals surface area contributed by atoms with Gasteiger partial charge >= 0.3 is 0 Å². The molecule has 0 amide bonds. The second-order valence-electron chi connectivity index (χ2n) is 7.35. The quantitative estimate of drug-likeness (QED) is 0.606. The van der Waals surface area contributed by atoms with Crippen LogP contribution in [-0.2, 0) is 18.7 Å². The molecule has 1 aromatic heterocycles. The summed E-state index contributed by atoms with van der Waals surface area (Å²) in [6.07, 6.45) is 6.83. The predicted molar refractivity (Wildman–Crippen MR) is 106 cm³/mol. The molecule has 1 fully saturated rings. The Labute approximate surface area is 156 Å². The Kier molecular flexibility index (Phi) is 5.80. The fourth-order valence-electron chi connectivity index (χ4n) is 3.44. The zero-order valence-corrected chi connectivity index (χ0v) is 15.7. The van der Waals surface area contributed by atoms with E-state index in [9.17, 15) is 5.11 Å². The van der Waals surface area contributed by atoms with Gasteiger partial charge in [-0.2, -0.15) is 0 Å². The van der Waals surface area contributed by atoms with Crippen LogP contribution in [0.15, 0.2) is 66.1 Å². The van der Waals surface area contributed by atoms with Gasteiger partial charge in [-0.05, 0) is 43.0 Å². The maximum Gasteiger partial charge on any atom is 0.136 e. The van der Waals surface area contributed by atoms with Gasteiger partial charge in [0.05, 0.1) is 6.54 Å². The standard InChI is InChI=1S/C23H29NO2/c1-4-14-23(25,15-5-2)22-13-12-21(26-22)17-24(20-10-11-20)16-19-9-7-6-8-18(19)3/h4-9,12-13,20,25H,1-2,10-11,14-17H2,3H3. The molecule has 0 atom stereocenters. The van der Waals surface area contributed by atoms with Crippen LogP contribution in [0.1, 0.15) is 48.3 Å². The highest BCUT2D eigenvalue weighted by Gasteiger charge is 2.32. The summed E-state index contributed by atoms with van der Waals surface area (Å²) in [6, 6.07) is 13.0. The fourth-order valence-corrected chi connectivity index (χ4v) is 3.44. The van der Waals surface area contributed by atoms with E-state index < -0.39 is 5.60 Å². The molecule has 1 aromatic carbocycles. The van der Waals surface area contributed by atoms with E-state index in [0.717, 1.165) is 18.8 Å². The van der Waals surface area contributed by atoms with E-state index >= 15 is 0 Å². The molecule has 2 aromatic rings. The summed E-state index contributed by atoms with van der Waals surface area (Å²) in [5.41, 5.74) is 1.63. The third kappa shape index (κ3) is 4.35. The number of hydrogen-bond acceptors (Lipinski definition) is 3. The smallest absolute Gasteiger partial charge is 0.136 e. The van der Waals surface area contributed by atoms with Crippen LogP contribution in [0.2, 0.25) is 0 Å². The van der Waals surface area contributed by atoms with Crippen molar-refractivity contribution in [2.45, 2.75) is 57.3 Å². The van der Waals surface area contributed by atoms with Crippen LogP contribution in [0.5, 0.6) is 0 Å². The number of aryl methyl sites for hydroxylation is 1. The molecule has 0 unspecified atom stereocenters. The van der Waals surface area contributed by atoms with Gasteiger partial charge in [0.15, 0.2) is 0 Å². The lowest BCUT2D eigenvalue weighted by Crippen LogP contribution is -2.25. The first-order valence-electron chi connectivity index (χ1n) is 9.37. The zero-order chi connectivity index (χ0) is 18.6. The number of aliphatic hydroxyl groups is 1. The second-order valence-corrected chi connectivity index (χ2v) is 7.35. The van der Waals surface area contributed by atoms with Gasteiger partial charge in [-0.25, -0.2) is 0 Å². The number of benzene rings is 1. The van der Waals surface area contributed by atoms with Crippen molar-refractivity contribution in [1.82, 2.24) is 4.90 Å². The summed E-state index contributed by atoms with van der Waals surface area (Å²) < 4.78 is 6.04. The van der Waals surface area contributed by atoms with Crippen molar-refractivity contribution in [3.05, 3.63) is 84.4 Å². The van der Waals surface area contributed by atoms with Gasteiger partial charge in [0.25, 0.3) is 0 Å². The molecule has 138 valence electrons. The summed E-state index contributed by atoms with van der Waals surface area (Å²) >= 11 is 0. The first-order chi connectivity index (χ1) is 12.6. The van der Waals surface area contributed by atoms with Crippen LogP contribution in [-0.4, -0.2) is 16.0 Å². The molecule has 1 heterocycles. The Morgan fingerprint density at radius 3 is 2.42 bits per heavy atom. The maximum atomic E-state index is 10.9. The molecule has 1 aliphatic carbocycles. The van der Waals surface area contributed by atoms with Crippen LogP contribution >= 0.6 is 0 Å². The lowest BCUT2D eigenvalue weighted by Gasteiger charge is -2.24. The Morgan fingerprint density at radius 1 is 1.12 bits per heavy atom. The van der Waals surface area contributed by atoms with E-state index in [2.05, 4.69) is 49.2 Å². The molecule has 3 heteroatoms. The molecule has 1 N–H and O–H groups in total. The summed E-state index contributed by atoms with van der Waals surface area (Å²) in [5, 5.41) is 10.9. The SMILES string of the molecule is C=CCC(O)(CC=C)c1ccc(CN(Cc2ccccc2C)C2CC2)o1. The zero-order valence-electron chi connectivity index (χ0n) is 15.7. The third-order valence-electron chi connectivity index (χ3n) is 5.14. The van der Waals surface area contributed by atoms with Gasteiger partial charge in [-0.1, -0.05) is 36.4 Å². The minimum Gasteiger partial charge on any atom is -0.462 e. The van der Waals surface area contributed by atoms with Crippen molar-refractivity contribution >= 4 is 0 Å². The fraction of sp³-hybridized carbons (Fsp3) is 0.391. The molecule has 3 rings (SSSR count). The largest absolute Gasteiger partial charge is 0.462 e. The lowest BCUT2D eigenvalue weighted by molar-refractivity contribution is 0.0186. The molecule has 0 radical (unpaired) electrons. The molecule has 1 aliphatic rings. The van der Waals surface area contributed by atoms with Gasteiger partial charge in [-0.15, -0.1) is 13.2 Å². The van der Waals surface area contributed by atoms with Crippen LogP contribution in [0.3, 0.4) is 0 Å². The summed E-state index contributed by atoms with van der Waals surface area (Å²) in [5.74, 6) is 1.49. The molecular formula is C23H29NO2. The van der Waals surface area contributed by atoms with E-state index in [1.807, 2.05) is 12.1 Å². The number of rotatable bonds is 10. The van der Waals surface area contributed by atoms with Gasteiger partial charge in [0, 0.05) is 25.4 Å². The first-order valence-corrected chi connectivity index (χ1v) is 9.37. The monoisotopic (exact) mass is 351 g/mol. The van der Waals surface area contributed by atoms with Gasteiger partial charge < -0.3 is 9.52 Å². The van der Waals surface area contributed by atoms with E-state index in [4.69, 9.17) is 4.42 Å². The van der Waals surface area contributed by atoms with Crippen LogP contribution in [0, 0.1) is 6.92 Å². The van der Waals surface area contributed by atoms with Crippen molar-refractivity contribution in [3.8, 4) is 0 Å². The Hall–Kier alpha value is -2.10. The topological polar surface area (TPSA) is 36.6 Å². The normalized spacial score (nSPS) is 14.6. The van der Waals surface area contributed by atoms with Gasteiger partial charge in [0.2, 0.25) is 0 Å². The van der Waals surface area contributed by atoms with E-state index in [0.29, 0.717) is 24.6 Å². The molecule has 0 saturated heterocycles. The van der Waals surface area contributed by atoms with Crippen molar-refractivity contribution in [3.63, 3.8) is 0 Å². The highest BCUT2D eigenvalue weighted by molar-refractivity contribution is 5.26. The third-order valence-corrected chi connectivity index (χ3v) is 5.14. The van der Waals surface area contributed by atoms with Crippen molar-refractivity contribution in [1.29, 1.82) is 0 Å². The van der Waals surface area contributed by atoms with Gasteiger partial charge in [0.1, 0.15) is 17.1 Å². The van der Waals surface area contributed by atoms with E-state index in [1.165, 1.54) is 24.0 Å². The van der Waals surface area contributed by atoms with Gasteiger partial charge in [-0.3, -0.25) is 4.90 Å². The molecule has 0 aliphatic heterocycles. The molecule has 3 nitrogen and oxygen atoms in total. The number of furan rings is 1. The van der Waals surface area contributed by atoms with Crippen LogP contribution in [0.4, 0.5) is 0 Å². The summed E-state index contributed by atoms with van der Waals surface area (Å²) in [4.78, 5) is 2.48. The van der Waals surface area contributed by atoms with Crippen molar-refractivity contribution < 1.29 is 9.52 Å². The first kappa shape index (κ1) is 18.7. The highest BCUT2D eigenvalue weighted by Crippen LogP contribution is 2.34. The minimum absolute atomic E-state index is 0.446. The molecule has 0 spiro atoms. The summed E-state index contributed by atoms with van der Waals surface area (Å²) in [7, 11) is 0. The molecule has 26 heavy (non-hydrogen) atoms. The Morgan fingerprint density at radius 2 is 1.81 bits per heavy atom. The van der Waals surface area contributed by atoms with Crippen LogP contribution in [0.25, 0.3) is 0 Å². The highest BCUT2D eigenvalue weighted by atomic mass is 16.4. The van der Waals surface area contributed by atoms with Crippen molar-refractivity contribution in [2.75, 3.05) is 0 Å².